The van der Waals surface area contributed by atoms with Crippen LogP contribution in [0.25, 0.3) is 0 Å². The van der Waals surface area contributed by atoms with E-state index in [-0.39, 0.29) is 52.8 Å². The number of aliphatic carboxylic acids is 1. The largest absolute Gasteiger partial charge is 0.478 e. The predicted molar refractivity (Wildman–Crippen MR) is 137 cm³/mol. The second-order valence-corrected chi connectivity index (χ2v) is 10.7. The summed E-state index contributed by atoms with van der Waals surface area (Å²) in [5.74, 6) is -1.59. The molecule has 0 saturated carbocycles. The first-order valence-electron chi connectivity index (χ1n) is 11.4. The fourth-order valence-corrected chi connectivity index (χ4v) is 5.33. The lowest BCUT2D eigenvalue weighted by atomic mass is 9.93. The van der Waals surface area contributed by atoms with E-state index < -0.39 is 33.0 Å². The first kappa shape index (κ1) is 28.3. The van der Waals surface area contributed by atoms with Gasteiger partial charge in [-0.2, -0.15) is 0 Å². The SMILES string of the molecule is CC(=O)Nc1ccc(S(=O)(=O)N(C)CCCN2C(=O)NC(C)=C(C(=O)O)C2c2cccc([N+](=O)[O-])c2)cc1. The summed E-state index contributed by atoms with van der Waals surface area (Å²) in [6.45, 7) is 2.72. The molecule has 0 radical (unpaired) electrons. The molecular weight excluding hydrogens is 518 g/mol. The van der Waals surface area contributed by atoms with Crippen molar-refractivity contribution in [3.8, 4) is 0 Å². The third-order valence-electron chi connectivity index (χ3n) is 5.93. The Bertz CT molecular complexity index is 1410. The molecule has 0 saturated heterocycles. The van der Waals surface area contributed by atoms with Crippen molar-refractivity contribution >= 4 is 39.3 Å². The maximum atomic E-state index is 13.0. The molecule has 2 aromatic rings. The molecular formula is C24H27N5O8S. The van der Waals surface area contributed by atoms with Gasteiger partial charge in [0.25, 0.3) is 5.69 Å². The topological polar surface area (TPSA) is 179 Å². The lowest BCUT2D eigenvalue weighted by Gasteiger charge is -2.37. The summed E-state index contributed by atoms with van der Waals surface area (Å²) in [6.07, 6.45) is 0.143. The standard InChI is InChI=1S/C24H27N5O8S/c1-15-21(23(31)32)22(17-6-4-7-19(14-17)29(34)35)28(24(33)25-15)13-5-12-27(3)38(36,37)20-10-8-18(9-11-20)26-16(2)30/h4,6-11,14,22H,5,12-13H2,1-3H3,(H,25,33)(H,26,30)(H,31,32). The predicted octanol–water partition coefficient (Wildman–Crippen LogP) is 2.69. The maximum absolute atomic E-state index is 13.0. The van der Waals surface area contributed by atoms with Gasteiger partial charge in [0.2, 0.25) is 15.9 Å². The number of allylic oxidation sites excluding steroid dienone is 1. The van der Waals surface area contributed by atoms with Gasteiger partial charge in [0.05, 0.1) is 21.4 Å². The van der Waals surface area contributed by atoms with Crippen molar-refractivity contribution < 1.29 is 32.8 Å². The highest BCUT2D eigenvalue weighted by molar-refractivity contribution is 7.89. The molecule has 0 spiro atoms. The number of nitrogens with one attached hydrogen (secondary N) is 2. The molecule has 1 aliphatic rings. The van der Waals surface area contributed by atoms with Crippen molar-refractivity contribution in [2.75, 3.05) is 25.5 Å². The number of hydrogen-bond acceptors (Lipinski definition) is 7. The Hall–Kier alpha value is -4.30. The number of urea groups is 1. The van der Waals surface area contributed by atoms with Gasteiger partial charge in [0.15, 0.2) is 0 Å². The molecule has 202 valence electrons. The van der Waals surface area contributed by atoms with Crippen molar-refractivity contribution in [3.05, 3.63) is 75.5 Å². The second-order valence-electron chi connectivity index (χ2n) is 8.61. The fraction of sp³-hybridized carbons (Fsp3) is 0.292. The maximum Gasteiger partial charge on any atom is 0.335 e. The second kappa shape index (κ2) is 11.4. The number of amides is 3. The summed E-state index contributed by atoms with van der Waals surface area (Å²) < 4.78 is 27.1. The number of anilines is 1. The molecule has 0 aliphatic carbocycles. The van der Waals surface area contributed by atoms with Crippen LogP contribution in [0.4, 0.5) is 16.2 Å². The molecule has 0 bridgehead atoms. The summed E-state index contributed by atoms with van der Waals surface area (Å²) >= 11 is 0. The lowest BCUT2D eigenvalue weighted by Crippen LogP contribution is -2.49. The van der Waals surface area contributed by atoms with Crippen molar-refractivity contribution in [2.45, 2.75) is 31.2 Å². The minimum atomic E-state index is -3.89. The number of nitro groups is 1. The van der Waals surface area contributed by atoms with E-state index in [9.17, 15) is 38.0 Å². The summed E-state index contributed by atoms with van der Waals surface area (Å²) in [7, 11) is -2.52. The minimum absolute atomic E-state index is 0.00557. The number of hydrogen-bond donors (Lipinski definition) is 3. The van der Waals surface area contributed by atoms with Crippen LogP contribution in [0.5, 0.6) is 0 Å². The van der Waals surface area contributed by atoms with E-state index in [1.807, 2.05) is 0 Å². The highest BCUT2D eigenvalue weighted by Gasteiger charge is 2.38. The van der Waals surface area contributed by atoms with Gasteiger partial charge in [-0.3, -0.25) is 14.9 Å². The van der Waals surface area contributed by atoms with Gasteiger partial charge in [-0.05, 0) is 43.2 Å². The van der Waals surface area contributed by atoms with Gasteiger partial charge in [-0.1, -0.05) is 12.1 Å². The quantitative estimate of drug-likeness (QED) is 0.301. The van der Waals surface area contributed by atoms with Crippen LogP contribution in [0.3, 0.4) is 0 Å². The van der Waals surface area contributed by atoms with Crippen LogP contribution >= 0.6 is 0 Å². The number of carboxylic acids is 1. The van der Waals surface area contributed by atoms with E-state index in [0.717, 1.165) is 4.31 Å². The van der Waals surface area contributed by atoms with Gasteiger partial charge in [-0.15, -0.1) is 0 Å². The number of rotatable bonds is 10. The zero-order valence-electron chi connectivity index (χ0n) is 20.9. The number of benzene rings is 2. The van der Waals surface area contributed by atoms with E-state index in [2.05, 4.69) is 10.6 Å². The zero-order valence-corrected chi connectivity index (χ0v) is 21.7. The smallest absolute Gasteiger partial charge is 0.335 e. The molecule has 1 heterocycles. The summed E-state index contributed by atoms with van der Waals surface area (Å²) in [4.78, 5) is 48.0. The third-order valence-corrected chi connectivity index (χ3v) is 7.80. The highest BCUT2D eigenvalue weighted by Crippen LogP contribution is 2.35. The molecule has 3 rings (SSSR count). The number of carbonyl (C=O) groups excluding carboxylic acids is 2. The van der Waals surface area contributed by atoms with Crippen LogP contribution in [-0.4, -0.2) is 65.7 Å². The van der Waals surface area contributed by atoms with E-state index in [1.165, 1.54) is 74.3 Å². The van der Waals surface area contributed by atoms with Crippen molar-refractivity contribution in [3.63, 3.8) is 0 Å². The average molecular weight is 546 g/mol. The Morgan fingerprint density at radius 3 is 2.45 bits per heavy atom. The summed E-state index contributed by atoms with van der Waals surface area (Å²) in [6, 6.07) is 9.31. The Morgan fingerprint density at radius 2 is 1.87 bits per heavy atom. The molecule has 14 heteroatoms. The van der Waals surface area contributed by atoms with Gasteiger partial charge in [0, 0.05) is 50.6 Å². The highest BCUT2D eigenvalue weighted by atomic mass is 32.2. The molecule has 3 amide bonds. The number of nitro benzene ring substituents is 1. The van der Waals surface area contributed by atoms with E-state index >= 15 is 0 Å². The molecule has 1 atom stereocenters. The molecule has 38 heavy (non-hydrogen) atoms. The molecule has 3 N–H and O–H groups in total. The molecule has 0 aromatic heterocycles. The van der Waals surface area contributed by atoms with Gasteiger partial charge in [0.1, 0.15) is 0 Å². The average Bonchev–Trinajstić information content (AvgIpc) is 2.84. The van der Waals surface area contributed by atoms with Crippen LogP contribution in [0.15, 0.2) is 64.7 Å². The van der Waals surface area contributed by atoms with Gasteiger partial charge in [-0.25, -0.2) is 22.3 Å². The van der Waals surface area contributed by atoms with Gasteiger partial charge < -0.3 is 20.6 Å². The minimum Gasteiger partial charge on any atom is -0.478 e. The van der Waals surface area contributed by atoms with E-state index in [1.54, 1.807) is 0 Å². The zero-order chi connectivity index (χ0) is 28.2. The number of carboxylic acid groups (broad SMARTS) is 1. The lowest BCUT2D eigenvalue weighted by molar-refractivity contribution is -0.384. The van der Waals surface area contributed by atoms with Crippen LogP contribution in [0.2, 0.25) is 0 Å². The van der Waals surface area contributed by atoms with Gasteiger partial charge >= 0.3 is 12.0 Å². The van der Waals surface area contributed by atoms with Crippen LogP contribution in [0.1, 0.15) is 31.9 Å². The number of carbonyl (C=O) groups is 3. The number of sulfonamides is 1. The van der Waals surface area contributed by atoms with E-state index in [0.29, 0.717) is 5.69 Å². The number of non-ortho nitro benzene ring substituents is 1. The normalized spacial score (nSPS) is 15.8. The molecule has 1 aliphatic heterocycles. The molecule has 13 nitrogen and oxygen atoms in total. The molecule has 1 unspecified atom stereocenters. The van der Waals surface area contributed by atoms with Crippen LogP contribution in [0, 0.1) is 10.1 Å². The van der Waals surface area contributed by atoms with Crippen molar-refractivity contribution in [1.29, 1.82) is 0 Å². The first-order valence-corrected chi connectivity index (χ1v) is 12.9. The third kappa shape index (κ3) is 6.15. The fourth-order valence-electron chi connectivity index (χ4n) is 4.12. The van der Waals surface area contributed by atoms with Crippen molar-refractivity contribution in [2.24, 2.45) is 0 Å². The van der Waals surface area contributed by atoms with Crippen LogP contribution < -0.4 is 10.6 Å². The number of nitrogens with zero attached hydrogens (tertiary/aromatic N) is 3. The summed E-state index contributed by atoms with van der Waals surface area (Å²) in [5, 5.41) is 26.2. The first-order chi connectivity index (χ1) is 17.8. The molecule has 0 fully saturated rings. The Labute approximate surface area is 218 Å². The van der Waals surface area contributed by atoms with E-state index in [4.69, 9.17) is 0 Å². The monoisotopic (exact) mass is 545 g/mol. The summed E-state index contributed by atoms with van der Waals surface area (Å²) in [5.41, 5.74) is 0.389. The molecule has 2 aromatic carbocycles. The Morgan fingerprint density at radius 1 is 1.21 bits per heavy atom. The van der Waals surface area contributed by atoms with Crippen molar-refractivity contribution in [1.82, 2.24) is 14.5 Å². The Balaban J connectivity index is 1.81. The Kier molecular flexibility index (Phi) is 8.48. The van der Waals surface area contributed by atoms with Crippen LogP contribution in [-0.2, 0) is 19.6 Å².